The Balaban J connectivity index is 1.46. The van der Waals surface area contributed by atoms with Crippen molar-refractivity contribution >= 4 is 17.2 Å². The normalized spacial score (nSPS) is 20.0. The van der Waals surface area contributed by atoms with Crippen LogP contribution in [0, 0.1) is 13.8 Å². The monoisotopic (exact) mass is 401 g/mol. The predicted octanol–water partition coefficient (Wildman–Crippen LogP) is 4.71. The van der Waals surface area contributed by atoms with Crippen molar-refractivity contribution in [3.8, 4) is 0 Å². The molecule has 5 nitrogen and oxygen atoms in total. The van der Waals surface area contributed by atoms with Gasteiger partial charge < -0.3 is 9.42 Å². The number of carbonyl (C=O) groups is 1. The number of hydrogen-bond acceptors (Lipinski definition) is 5. The first-order valence-electron chi connectivity index (χ1n) is 10.6. The summed E-state index contributed by atoms with van der Waals surface area (Å²) in [6.45, 7) is 9.91. The summed E-state index contributed by atoms with van der Waals surface area (Å²) in [4.78, 5) is 19.2. The van der Waals surface area contributed by atoms with Gasteiger partial charge in [-0.1, -0.05) is 24.9 Å². The number of thiophene rings is 1. The van der Waals surface area contributed by atoms with Crippen molar-refractivity contribution in [2.24, 2.45) is 0 Å². The van der Waals surface area contributed by atoms with Gasteiger partial charge in [-0.2, -0.15) is 0 Å². The van der Waals surface area contributed by atoms with Crippen LogP contribution in [0.2, 0.25) is 0 Å². The third-order valence-electron chi connectivity index (χ3n) is 6.35. The van der Waals surface area contributed by atoms with Gasteiger partial charge in [0.15, 0.2) is 0 Å². The van der Waals surface area contributed by atoms with Gasteiger partial charge in [-0.25, -0.2) is 0 Å². The van der Waals surface area contributed by atoms with Gasteiger partial charge in [0.2, 0.25) is 0 Å². The molecule has 1 amide bonds. The molecule has 1 fully saturated rings. The lowest BCUT2D eigenvalue weighted by Gasteiger charge is -2.28. The standard InChI is InChI=1S/C22H31N3O2S/c1-4-5-7-17-8-6-10-25(17)22(26)20-14-28-21-13-24(11-9-18(20)21)12-19-15(2)23-27-16(19)3/h14,17H,4-13H2,1-3H3/t17-/m0/s1. The lowest BCUT2D eigenvalue weighted by Crippen LogP contribution is -2.36. The molecule has 6 heteroatoms. The van der Waals surface area contributed by atoms with Crippen molar-refractivity contribution in [2.75, 3.05) is 13.1 Å². The van der Waals surface area contributed by atoms with Gasteiger partial charge in [0.25, 0.3) is 5.91 Å². The van der Waals surface area contributed by atoms with Crippen LogP contribution in [0.25, 0.3) is 0 Å². The van der Waals surface area contributed by atoms with Crippen LogP contribution in [0.4, 0.5) is 0 Å². The van der Waals surface area contributed by atoms with E-state index in [1.54, 1.807) is 11.3 Å². The summed E-state index contributed by atoms with van der Waals surface area (Å²) >= 11 is 1.75. The Hall–Kier alpha value is -1.66. The van der Waals surface area contributed by atoms with Crippen LogP contribution in [0.15, 0.2) is 9.90 Å². The van der Waals surface area contributed by atoms with E-state index < -0.39 is 0 Å². The Morgan fingerprint density at radius 2 is 2.21 bits per heavy atom. The van der Waals surface area contributed by atoms with Gasteiger partial charge in [-0.15, -0.1) is 11.3 Å². The van der Waals surface area contributed by atoms with Crippen molar-refractivity contribution in [3.05, 3.63) is 38.4 Å². The molecule has 1 atom stereocenters. The largest absolute Gasteiger partial charge is 0.361 e. The maximum Gasteiger partial charge on any atom is 0.255 e. The summed E-state index contributed by atoms with van der Waals surface area (Å²) in [6, 6.07) is 0.447. The van der Waals surface area contributed by atoms with Crippen LogP contribution < -0.4 is 0 Å². The number of amides is 1. The summed E-state index contributed by atoms with van der Waals surface area (Å²) in [7, 11) is 0. The molecular weight excluding hydrogens is 370 g/mol. The van der Waals surface area contributed by atoms with E-state index in [2.05, 4.69) is 27.3 Å². The number of aryl methyl sites for hydroxylation is 2. The van der Waals surface area contributed by atoms with Crippen molar-refractivity contribution in [1.29, 1.82) is 0 Å². The number of fused-ring (bicyclic) bond motifs is 1. The Bertz CT molecular complexity index is 821. The highest BCUT2D eigenvalue weighted by molar-refractivity contribution is 7.10. The second-order valence-electron chi connectivity index (χ2n) is 8.25. The molecule has 4 rings (SSSR count). The molecule has 152 valence electrons. The van der Waals surface area contributed by atoms with E-state index in [1.165, 1.54) is 35.3 Å². The fraction of sp³-hybridized carbons (Fsp3) is 0.636. The minimum Gasteiger partial charge on any atom is -0.361 e. The van der Waals surface area contributed by atoms with Crippen LogP contribution >= 0.6 is 11.3 Å². The molecule has 0 radical (unpaired) electrons. The van der Waals surface area contributed by atoms with Crippen LogP contribution in [0.1, 0.15) is 76.8 Å². The molecule has 2 aliphatic heterocycles. The maximum atomic E-state index is 13.3. The van der Waals surface area contributed by atoms with Gasteiger partial charge in [-0.05, 0) is 45.1 Å². The molecule has 0 aromatic carbocycles. The Morgan fingerprint density at radius 3 is 2.96 bits per heavy atom. The number of unbranched alkanes of at least 4 members (excludes halogenated alkanes) is 1. The molecule has 2 aromatic heterocycles. The fourth-order valence-corrected chi connectivity index (χ4v) is 5.76. The van der Waals surface area contributed by atoms with Crippen molar-refractivity contribution in [3.63, 3.8) is 0 Å². The highest BCUT2D eigenvalue weighted by Crippen LogP contribution is 2.33. The number of likely N-dealkylation sites (tertiary alicyclic amines) is 1. The summed E-state index contributed by atoms with van der Waals surface area (Å²) in [5.74, 6) is 1.19. The van der Waals surface area contributed by atoms with E-state index in [-0.39, 0.29) is 5.91 Å². The number of hydrogen-bond donors (Lipinski definition) is 0. The second kappa shape index (κ2) is 8.37. The number of carbonyl (C=O) groups excluding carboxylic acids is 1. The Kier molecular flexibility index (Phi) is 5.88. The third-order valence-corrected chi connectivity index (χ3v) is 7.36. The second-order valence-corrected chi connectivity index (χ2v) is 9.22. The highest BCUT2D eigenvalue weighted by atomic mass is 32.1. The van der Waals surface area contributed by atoms with E-state index in [1.807, 2.05) is 13.8 Å². The summed E-state index contributed by atoms with van der Waals surface area (Å²) in [5, 5.41) is 6.19. The summed E-state index contributed by atoms with van der Waals surface area (Å²) in [5.41, 5.74) is 4.45. The molecule has 0 bridgehead atoms. The first-order chi connectivity index (χ1) is 13.6. The molecule has 0 unspecified atom stereocenters. The summed E-state index contributed by atoms with van der Waals surface area (Å²) in [6.07, 6.45) is 6.84. The van der Waals surface area contributed by atoms with E-state index in [4.69, 9.17) is 4.52 Å². The Labute approximate surface area is 171 Å². The van der Waals surface area contributed by atoms with Gasteiger partial charge in [0.05, 0.1) is 11.3 Å². The molecular formula is C22H31N3O2S. The zero-order valence-electron chi connectivity index (χ0n) is 17.3. The van der Waals surface area contributed by atoms with Gasteiger partial charge in [0, 0.05) is 48.0 Å². The molecule has 28 heavy (non-hydrogen) atoms. The SMILES string of the molecule is CCCC[C@H]1CCCN1C(=O)c1csc2c1CCN(Cc1c(C)noc1C)C2. The van der Waals surface area contributed by atoms with E-state index in [0.29, 0.717) is 6.04 Å². The number of rotatable bonds is 6. The lowest BCUT2D eigenvalue weighted by atomic mass is 10.0. The predicted molar refractivity (Wildman–Crippen MR) is 112 cm³/mol. The molecule has 0 saturated carbocycles. The fourth-order valence-electron chi connectivity index (χ4n) is 4.64. The molecule has 4 heterocycles. The van der Waals surface area contributed by atoms with Crippen LogP contribution in [-0.2, 0) is 19.5 Å². The van der Waals surface area contributed by atoms with Gasteiger partial charge >= 0.3 is 0 Å². The summed E-state index contributed by atoms with van der Waals surface area (Å²) < 4.78 is 5.31. The minimum atomic E-state index is 0.273. The van der Waals surface area contributed by atoms with E-state index >= 15 is 0 Å². The van der Waals surface area contributed by atoms with Crippen LogP contribution in [-0.4, -0.2) is 40.0 Å². The highest BCUT2D eigenvalue weighted by Gasteiger charge is 2.32. The molecule has 2 aromatic rings. The number of aromatic nitrogens is 1. The minimum absolute atomic E-state index is 0.273. The maximum absolute atomic E-state index is 13.3. The lowest BCUT2D eigenvalue weighted by molar-refractivity contribution is 0.0727. The van der Waals surface area contributed by atoms with Gasteiger partial charge in [-0.3, -0.25) is 9.69 Å². The average molecular weight is 402 g/mol. The van der Waals surface area contributed by atoms with Crippen molar-refractivity contribution in [1.82, 2.24) is 15.0 Å². The third kappa shape index (κ3) is 3.77. The Morgan fingerprint density at radius 1 is 1.36 bits per heavy atom. The molecule has 0 spiro atoms. The first kappa shape index (κ1) is 19.6. The van der Waals surface area contributed by atoms with Gasteiger partial charge in [0.1, 0.15) is 5.76 Å². The van der Waals surface area contributed by atoms with Crippen LogP contribution in [0.3, 0.4) is 0 Å². The first-order valence-corrected chi connectivity index (χ1v) is 11.5. The molecule has 0 N–H and O–H groups in total. The van der Waals surface area contributed by atoms with E-state index in [9.17, 15) is 4.79 Å². The zero-order valence-corrected chi connectivity index (χ0v) is 18.1. The molecule has 1 saturated heterocycles. The quantitative estimate of drug-likeness (QED) is 0.704. The topological polar surface area (TPSA) is 49.6 Å². The average Bonchev–Trinajstić information content (AvgIpc) is 3.40. The molecule has 0 aliphatic carbocycles. The zero-order chi connectivity index (χ0) is 19.7. The van der Waals surface area contributed by atoms with Crippen molar-refractivity contribution in [2.45, 2.75) is 78.4 Å². The molecule has 2 aliphatic rings. The number of nitrogens with zero attached hydrogens (tertiary/aromatic N) is 3. The smallest absolute Gasteiger partial charge is 0.255 e. The van der Waals surface area contributed by atoms with Crippen molar-refractivity contribution < 1.29 is 9.32 Å². The van der Waals surface area contributed by atoms with Crippen LogP contribution in [0.5, 0.6) is 0 Å². The van der Waals surface area contributed by atoms with E-state index in [0.717, 1.165) is 62.5 Å².